The van der Waals surface area contributed by atoms with E-state index in [-0.39, 0.29) is 5.56 Å². The zero-order valence-corrected chi connectivity index (χ0v) is 10.5. The standard InChI is InChI=1S/C13H16N2O3/c1-3-6-18-8-12-14-10-7-9(13(16)17)4-5-11(10)15(12)2/h4-5,7H,3,6,8H2,1-2H3,(H,16,17). The topological polar surface area (TPSA) is 64.3 Å². The van der Waals surface area contributed by atoms with E-state index in [9.17, 15) is 4.79 Å². The second-order valence-electron chi connectivity index (χ2n) is 4.15. The Morgan fingerprint density at radius 3 is 2.94 bits per heavy atom. The van der Waals surface area contributed by atoms with Gasteiger partial charge in [0.25, 0.3) is 0 Å². The minimum atomic E-state index is -0.939. The minimum absolute atomic E-state index is 0.252. The maximum Gasteiger partial charge on any atom is 0.335 e. The van der Waals surface area contributed by atoms with Gasteiger partial charge in [-0.3, -0.25) is 0 Å². The number of hydrogen-bond donors (Lipinski definition) is 1. The van der Waals surface area contributed by atoms with E-state index in [0.29, 0.717) is 18.7 Å². The van der Waals surface area contributed by atoms with Crippen molar-refractivity contribution in [2.24, 2.45) is 7.05 Å². The molecule has 0 bridgehead atoms. The van der Waals surface area contributed by atoms with Gasteiger partial charge >= 0.3 is 5.97 Å². The van der Waals surface area contributed by atoms with Crippen LogP contribution in [0.2, 0.25) is 0 Å². The number of aromatic carboxylic acids is 1. The summed E-state index contributed by atoms with van der Waals surface area (Å²) in [6.45, 7) is 3.19. The number of benzene rings is 1. The molecule has 1 aromatic heterocycles. The van der Waals surface area contributed by atoms with Crippen molar-refractivity contribution in [3.63, 3.8) is 0 Å². The number of carboxylic acid groups (broad SMARTS) is 1. The highest BCUT2D eigenvalue weighted by Crippen LogP contribution is 2.17. The van der Waals surface area contributed by atoms with E-state index in [2.05, 4.69) is 4.98 Å². The molecule has 0 aliphatic carbocycles. The van der Waals surface area contributed by atoms with Gasteiger partial charge < -0.3 is 14.4 Å². The first kappa shape index (κ1) is 12.6. The quantitative estimate of drug-likeness (QED) is 0.824. The number of aryl methyl sites for hydroxylation is 1. The van der Waals surface area contributed by atoms with Crippen LogP contribution in [0.4, 0.5) is 0 Å². The molecule has 96 valence electrons. The van der Waals surface area contributed by atoms with Crippen molar-refractivity contribution in [2.75, 3.05) is 6.61 Å². The number of carbonyl (C=O) groups is 1. The lowest BCUT2D eigenvalue weighted by Crippen LogP contribution is -2.01. The zero-order chi connectivity index (χ0) is 13.1. The second-order valence-corrected chi connectivity index (χ2v) is 4.15. The molecule has 0 saturated carbocycles. The Balaban J connectivity index is 2.33. The summed E-state index contributed by atoms with van der Waals surface area (Å²) in [5.41, 5.74) is 1.85. The van der Waals surface area contributed by atoms with Crippen LogP contribution in [-0.2, 0) is 18.4 Å². The summed E-state index contributed by atoms with van der Waals surface area (Å²) < 4.78 is 7.38. The molecule has 0 spiro atoms. The first-order chi connectivity index (χ1) is 8.63. The molecule has 0 unspecified atom stereocenters. The maximum atomic E-state index is 10.9. The molecule has 1 heterocycles. The summed E-state index contributed by atoms with van der Waals surface area (Å²) in [5.74, 6) is -0.132. The van der Waals surface area contributed by atoms with Gasteiger partial charge in [-0.15, -0.1) is 0 Å². The normalized spacial score (nSPS) is 11.0. The zero-order valence-electron chi connectivity index (χ0n) is 10.5. The molecule has 2 rings (SSSR count). The summed E-state index contributed by atoms with van der Waals surface area (Å²) >= 11 is 0. The molecule has 1 N–H and O–H groups in total. The largest absolute Gasteiger partial charge is 0.478 e. The molecule has 0 aliphatic rings. The first-order valence-corrected chi connectivity index (χ1v) is 5.90. The third kappa shape index (κ3) is 2.36. The monoisotopic (exact) mass is 248 g/mol. The van der Waals surface area contributed by atoms with Gasteiger partial charge in [-0.1, -0.05) is 6.92 Å². The van der Waals surface area contributed by atoms with Gasteiger partial charge in [0.1, 0.15) is 12.4 Å². The van der Waals surface area contributed by atoms with Crippen LogP contribution in [0.25, 0.3) is 11.0 Å². The number of imidazole rings is 1. The number of nitrogens with zero attached hydrogens (tertiary/aromatic N) is 2. The molecular formula is C13H16N2O3. The Kier molecular flexibility index (Phi) is 3.62. The van der Waals surface area contributed by atoms with Crippen molar-refractivity contribution >= 4 is 17.0 Å². The maximum absolute atomic E-state index is 10.9. The summed E-state index contributed by atoms with van der Waals surface area (Å²) in [7, 11) is 1.90. The molecule has 18 heavy (non-hydrogen) atoms. The Morgan fingerprint density at radius 2 is 2.28 bits per heavy atom. The number of fused-ring (bicyclic) bond motifs is 1. The van der Waals surface area contributed by atoms with E-state index in [1.165, 1.54) is 0 Å². The number of rotatable bonds is 5. The molecule has 0 amide bonds. The van der Waals surface area contributed by atoms with Crippen LogP contribution in [0.3, 0.4) is 0 Å². The number of aromatic nitrogens is 2. The summed E-state index contributed by atoms with van der Waals surface area (Å²) in [6, 6.07) is 4.94. The van der Waals surface area contributed by atoms with Gasteiger partial charge in [0, 0.05) is 13.7 Å². The van der Waals surface area contributed by atoms with Crippen LogP contribution in [0.5, 0.6) is 0 Å². The van der Waals surface area contributed by atoms with Gasteiger partial charge in [0.05, 0.1) is 16.6 Å². The fourth-order valence-corrected chi connectivity index (χ4v) is 1.82. The van der Waals surface area contributed by atoms with Crippen LogP contribution in [0, 0.1) is 0 Å². The van der Waals surface area contributed by atoms with Crippen LogP contribution in [0.1, 0.15) is 29.5 Å². The number of hydrogen-bond acceptors (Lipinski definition) is 3. The summed E-state index contributed by atoms with van der Waals surface area (Å²) in [5, 5.41) is 8.93. The van der Waals surface area contributed by atoms with E-state index >= 15 is 0 Å². The van der Waals surface area contributed by atoms with Gasteiger partial charge in [0.15, 0.2) is 0 Å². The predicted molar refractivity (Wildman–Crippen MR) is 67.6 cm³/mol. The summed E-state index contributed by atoms with van der Waals surface area (Å²) in [4.78, 5) is 15.3. The smallest absolute Gasteiger partial charge is 0.335 e. The van der Waals surface area contributed by atoms with E-state index in [1.54, 1.807) is 18.2 Å². The summed E-state index contributed by atoms with van der Waals surface area (Å²) in [6.07, 6.45) is 0.965. The van der Waals surface area contributed by atoms with Gasteiger partial charge in [-0.25, -0.2) is 9.78 Å². The third-order valence-electron chi connectivity index (χ3n) is 2.80. The minimum Gasteiger partial charge on any atom is -0.478 e. The SMILES string of the molecule is CCCOCc1nc2cc(C(=O)O)ccc2n1C. The van der Waals surface area contributed by atoms with Gasteiger partial charge in [0.2, 0.25) is 0 Å². The lowest BCUT2D eigenvalue weighted by atomic mass is 10.2. The molecule has 0 fully saturated rings. The Hall–Kier alpha value is -1.88. The lowest BCUT2D eigenvalue weighted by molar-refractivity contribution is 0.0697. The third-order valence-corrected chi connectivity index (χ3v) is 2.80. The van der Waals surface area contributed by atoms with Crippen molar-refractivity contribution in [2.45, 2.75) is 20.0 Å². The van der Waals surface area contributed by atoms with E-state index in [1.807, 2.05) is 18.5 Å². The van der Waals surface area contributed by atoms with Crippen molar-refractivity contribution in [3.8, 4) is 0 Å². The van der Waals surface area contributed by atoms with Crippen LogP contribution < -0.4 is 0 Å². The molecular weight excluding hydrogens is 232 g/mol. The van der Waals surface area contributed by atoms with Crippen LogP contribution >= 0.6 is 0 Å². The van der Waals surface area contributed by atoms with Crippen molar-refractivity contribution in [3.05, 3.63) is 29.6 Å². The number of ether oxygens (including phenoxy) is 1. The molecule has 0 radical (unpaired) electrons. The fraction of sp³-hybridized carbons (Fsp3) is 0.385. The van der Waals surface area contributed by atoms with Crippen molar-refractivity contribution < 1.29 is 14.6 Å². The van der Waals surface area contributed by atoms with E-state index in [4.69, 9.17) is 9.84 Å². The lowest BCUT2D eigenvalue weighted by Gasteiger charge is -2.02. The molecule has 2 aromatic rings. The van der Waals surface area contributed by atoms with Crippen LogP contribution in [-0.4, -0.2) is 27.2 Å². The highest BCUT2D eigenvalue weighted by atomic mass is 16.5. The average Bonchev–Trinajstić information content (AvgIpc) is 2.66. The van der Waals surface area contributed by atoms with E-state index in [0.717, 1.165) is 17.8 Å². The first-order valence-electron chi connectivity index (χ1n) is 5.90. The molecule has 1 aromatic carbocycles. The van der Waals surface area contributed by atoms with Gasteiger partial charge in [-0.05, 0) is 24.6 Å². The average molecular weight is 248 g/mol. The highest BCUT2D eigenvalue weighted by molar-refractivity contribution is 5.92. The molecule has 5 nitrogen and oxygen atoms in total. The fourth-order valence-electron chi connectivity index (χ4n) is 1.82. The predicted octanol–water partition coefficient (Wildman–Crippen LogP) is 2.20. The highest BCUT2D eigenvalue weighted by Gasteiger charge is 2.10. The Morgan fingerprint density at radius 1 is 1.50 bits per heavy atom. The Bertz CT molecular complexity index is 575. The Labute approximate surface area is 105 Å². The second kappa shape index (κ2) is 5.18. The van der Waals surface area contributed by atoms with Crippen molar-refractivity contribution in [1.29, 1.82) is 0 Å². The van der Waals surface area contributed by atoms with Crippen molar-refractivity contribution in [1.82, 2.24) is 9.55 Å². The van der Waals surface area contributed by atoms with Gasteiger partial charge in [-0.2, -0.15) is 0 Å². The van der Waals surface area contributed by atoms with E-state index < -0.39 is 5.97 Å². The van der Waals surface area contributed by atoms with Crippen LogP contribution in [0.15, 0.2) is 18.2 Å². The molecule has 0 saturated heterocycles. The number of carboxylic acids is 1. The molecule has 5 heteroatoms. The molecule has 0 aliphatic heterocycles. The molecule has 0 atom stereocenters.